The van der Waals surface area contributed by atoms with Crippen molar-refractivity contribution in [2.75, 3.05) is 37.7 Å². The fourth-order valence-electron chi connectivity index (χ4n) is 2.02. The van der Waals surface area contributed by atoms with Crippen LogP contribution in [-0.2, 0) is 0 Å². The molecule has 21 heavy (non-hydrogen) atoms. The topological polar surface area (TPSA) is 41.6 Å². The number of amides is 2. The summed E-state index contributed by atoms with van der Waals surface area (Å²) in [6, 6.07) is 6.03. The van der Waals surface area contributed by atoms with Crippen LogP contribution in [0.2, 0.25) is 0 Å². The monoisotopic (exact) mass is 312 g/mol. The molecular weight excluding hydrogens is 291 g/mol. The maximum absolute atomic E-state index is 12.7. The molecule has 4 nitrogen and oxygen atoms in total. The Hall–Kier alpha value is -1.43. The van der Waals surface area contributed by atoms with Crippen LogP contribution < -0.4 is 10.1 Å². The first-order valence-electron chi connectivity index (χ1n) is 7.24. The number of hydrogen-bond donors (Lipinski definition) is 1. The smallest absolute Gasteiger partial charge is 0.317 e. The third kappa shape index (κ3) is 5.83. The van der Waals surface area contributed by atoms with E-state index in [2.05, 4.69) is 5.32 Å². The Morgan fingerprint density at radius 2 is 1.95 bits per heavy atom. The lowest BCUT2D eigenvalue weighted by Crippen LogP contribution is -2.44. The molecule has 0 unspecified atom stereocenters. The lowest BCUT2D eigenvalue weighted by molar-refractivity contribution is 0.202. The van der Waals surface area contributed by atoms with E-state index in [9.17, 15) is 9.18 Å². The molecule has 1 heterocycles. The molecule has 116 valence electrons. The summed E-state index contributed by atoms with van der Waals surface area (Å²) in [5, 5.41) is 2.93. The molecule has 2 amide bonds. The van der Waals surface area contributed by atoms with E-state index in [-0.39, 0.29) is 11.8 Å². The molecule has 0 aliphatic carbocycles. The van der Waals surface area contributed by atoms with Crippen molar-refractivity contribution in [1.82, 2.24) is 10.2 Å². The number of rotatable bonds is 6. The average Bonchev–Trinajstić information content (AvgIpc) is 2.53. The zero-order valence-corrected chi connectivity index (χ0v) is 12.8. The Balaban J connectivity index is 1.51. The fraction of sp³-hybridized carbons (Fsp3) is 0.533. The average molecular weight is 312 g/mol. The first-order chi connectivity index (χ1) is 10.3. The Morgan fingerprint density at radius 1 is 1.24 bits per heavy atom. The largest absolute Gasteiger partial charge is 0.494 e. The van der Waals surface area contributed by atoms with Gasteiger partial charge in [-0.2, -0.15) is 11.8 Å². The molecule has 1 saturated heterocycles. The Bertz CT molecular complexity index is 436. The molecule has 0 spiro atoms. The van der Waals surface area contributed by atoms with E-state index in [1.165, 1.54) is 12.1 Å². The highest BCUT2D eigenvalue weighted by Crippen LogP contribution is 2.11. The van der Waals surface area contributed by atoms with Crippen LogP contribution in [0.15, 0.2) is 24.3 Å². The molecule has 1 aliphatic heterocycles. The summed E-state index contributed by atoms with van der Waals surface area (Å²) in [4.78, 5) is 13.7. The molecule has 1 aromatic carbocycles. The van der Waals surface area contributed by atoms with E-state index in [0.29, 0.717) is 18.9 Å². The number of urea groups is 1. The number of unbranched alkanes of at least 4 members (excludes halogenated alkanes) is 1. The van der Waals surface area contributed by atoms with Gasteiger partial charge in [-0.25, -0.2) is 9.18 Å². The van der Waals surface area contributed by atoms with Gasteiger partial charge in [0.2, 0.25) is 0 Å². The van der Waals surface area contributed by atoms with Gasteiger partial charge >= 0.3 is 6.03 Å². The molecule has 2 rings (SSSR count). The van der Waals surface area contributed by atoms with Gasteiger partial charge in [0.05, 0.1) is 6.61 Å². The van der Waals surface area contributed by atoms with Crippen LogP contribution in [0.25, 0.3) is 0 Å². The molecule has 1 aliphatic rings. The van der Waals surface area contributed by atoms with Gasteiger partial charge in [0.1, 0.15) is 11.6 Å². The molecular formula is C15H21FN2O2S. The third-order valence-electron chi connectivity index (χ3n) is 3.23. The minimum Gasteiger partial charge on any atom is -0.494 e. The van der Waals surface area contributed by atoms with Gasteiger partial charge in [0, 0.05) is 31.1 Å². The SMILES string of the molecule is O=C(NCCCCOc1ccc(F)cc1)N1CCSCC1. The highest BCUT2D eigenvalue weighted by atomic mass is 32.2. The van der Waals surface area contributed by atoms with Crippen LogP contribution >= 0.6 is 11.8 Å². The van der Waals surface area contributed by atoms with E-state index in [1.807, 2.05) is 16.7 Å². The van der Waals surface area contributed by atoms with Crippen LogP contribution in [0.4, 0.5) is 9.18 Å². The van der Waals surface area contributed by atoms with Gasteiger partial charge < -0.3 is 15.0 Å². The van der Waals surface area contributed by atoms with Gasteiger partial charge in [-0.3, -0.25) is 0 Å². The molecule has 1 aromatic rings. The van der Waals surface area contributed by atoms with E-state index >= 15 is 0 Å². The van der Waals surface area contributed by atoms with Gasteiger partial charge in [0.25, 0.3) is 0 Å². The molecule has 0 bridgehead atoms. The van der Waals surface area contributed by atoms with Crippen molar-refractivity contribution in [3.63, 3.8) is 0 Å². The van der Waals surface area contributed by atoms with E-state index in [4.69, 9.17) is 4.74 Å². The van der Waals surface area contributed by atoms with Crippen LogP contribution in [0.3, 0.4) is 0 Å². The van der Waals surface area contributed by atoms with Gasteiger partial charge in [-0.05, 0) is 37.1 Å². The highest BCUT2D eigenvalue weighted by molar-refractivity contribution is 7.99. The third-order valence-corrected chi connectivity index (χ3v) is 4.17. The summed E-state index contributed by atoms with van der Waals surface area (Å²) in [6.45, 7) is 2.91. The van der Waals surface area contributed by atoms with Crippen molar-refractivity contribution in [1.29, 1.82) is 0 Å². The minimum absolute atomic E-state index is 0.0368. The van der Waals surface area contributed by atoms with Crippen molar-refractivity contribution in [3.05, 3.63) is 30.1 Å². The van der Waals surface area contributed by atoms with E-state index in [0.717, 1.165) is 37.4 Å². The van der Waals surface area contributed by atoms with Crippen molar-refractivity contribution in [2.24, 2.45) is 0 Å². The van der Waals surface area contributed by atoms with Crippen LogP contribution in [-0.4, -0.2) is 48.7 Å². The lowest BCUT2D eigenvalue weighted by atomic mass is 10.3. The molecule has 6 heteroatoms. The molecule has 0 saturated carbocycles. The summed E-state index contributed by atoms with van der Waals surface area (Å²) in [5.41, 5.74) is 0. The number of nitrogens with one attached hydrogen (secondary N) is 1. The second-order valence-corrected chi connectivity index (χ2v) is 6.07. The Labute approximate surface area is 129 Å². The first kappa shape index (κ1) is 15.9. The second-order valence-electron chi connectivity index (χ2n) is 4.84. The number of benzene rings is 1. The molecule has 0 aromatic heterocycles. The van der Waals surface area contributed by atoms with Gasteiger partial charge in [-0.15, -0.1) is 0 Å². The normalized spacial score (nSPS) is 14.8. The zero-order valence-electron chi connectivity index (χ0n) is 12.0. The van der Waals surface area contributed by atoms with Crippen LogP contribution in [0, 0.1) is 5.82 Å². The zero-order chi connectivity index (χ0) is 14.9. The van der Waals surface area contributed by atoms with E-state index in [1.54, 1.807) is 12.1 Å². The Kier molecular flexibility index (Phi) is 6.66. The van der Waals surface area contributed by atoms with Crippen LogP contribution in [0.1, 0.15) is 12.8 Å². The van der Waals surface area contributed by atoms with Crippen molar-refractivity contribution in [3.8, 4) is 5.75 Å². The van der Waals surface area contributed by atoms with Gasteiger partial charge in [0.15, 0.2) is 0 Å². The maximum atomic E-state index is 12.7. The Morgan fingerprint density at radius 3 is 2.67 bits per heavy atom. The van der Waals surface area contributed by atoms with E-state index < -0.39 is 0 Å². The lowest BCUT2D eigenvalue weighted by Gasteiger charge is -2.26. The molecule has 0 atom stereocenters. The minimum atomic E-state index is -0.263. The fourth-order valence-corrected chi connectivity index (χ4v) is 2.92. The number of carbonyl (C=O) groups is 1. The molecule has 1 fully saturated rings. The standard InChI is InChI=1S/C15H21FN2O2S/c16-13-3-5-14(6-4-13)20-10-2-1-7-17-15(19)18-8-11-21-12-9-18/h3-6H,1-2,7-12H2,(H,17,19). The van der Waals surface area contributed by atoms with Crippen molar-refractivity contribution in [2.45, 2.75) is 12.8 Å². The summed E-state index contributed by atoms with van der Waals surface area (Å²) < 4.78 is 18.2. The number of thioether (sulfide) groups is 1. The maximum Gasteiger partial charge on any atom is 0.317 e. The predicted octanol–water partition coefficient (Wildman–Crippen LogP) is 2.74. The number of carbonyl (C=O) groups excluding carboxylic acids is 1. The quantitative estimate of drug-likeness (QED) is 0.821. The first-order valence-corrected chi connectivity index (χ1v) is 8.40. The van der Waals surface area contributed by atoms with Gasteiger partial charge in [-0.1, -0.05) is 0 Å². The summed E-state index contributed by atoms with van der Waals surface area (Å²) in [5.74, 6) is 2.46. The van der Waals surface area contributed by atoms with Crippen molar-refractivity contribution >= 4 is 17.8 Å². The second kappa shape index (κ2) is 8.77. The highest BCUT2D eigenvalue weighted by Gasteiger charge is 2.15. The van der Waals surface area contributed by atoms with Crippen molar-refractivity contribution < 1.29 is 13.9 Å². The number of nitrogens with zero attached hydrogens (tertiary/aromatic N) is 1. The summed E-state index contributed by atoms with van der Waals surface area (Å²) in [6.07, 6.45) is 1.73. The summed E-state index contributed by atoms with van der Waals surface area (Å²) >= 11 is 1.89. The summed E-state index contributed by atoms with van der Waals surface area (Å²) in [7, 11) is 0. The number of hydrogen-bond acceptors (Lipinski definition) is 3. The predicted molar refractivity (Wildman–Crippen MR) is 83.4 cm³/mol. The number of halogens is 1. The number of ether oxygens (including phenoxy) is 1. The molecule has 1 N–H and O–H groups in total. The molecule has 0 radical (unpaired) electrons. The van der Waals surface area contributed by atoms with Crippen LogP contribution in [0.5, 0.6) is 5.75 Å².